The van der Waals surface area contributed by atoms with Crippen molar-refractivity contribution in [2.75, 3.05) is 6.61 Å². The van der Waals surface area contributed by atoms with E-state index in [9.17, 15) is 4.79 Å². The third kappa shape index (κ3) is 5.15. The van der Waals surface area contributed by atoms with Crippen LogP contribution in [0.5, 0.6) is 5.75 Å². The number of hydrogen-bond acceptors (Lipinski definition) is 3. The molecular weight excluding hydrogens is 430 g/mol. The van der Waals surface area contributed by atoms with E-state index in [0.717, 1.165) is 27.8 Å². The molecule has 1 heterocycles. The molecule has 5 nitrogen and oxygen atoms in total. The number of carbonyl (C=O) groups excluding carboxylic acids is 1. The van der Waals surface area contributed by atoms with Gasteiger partial charge in [0.05, 0.1) is 6.21 Å². The van der Waals surface area contributed by atoms with Crippen LogP contribution in [0.25, 0.3) is 5.69 Å². The van der Waals surface area contributed by atoms with Crippen LogP contribution in [0.2, 0.25) is 0 Å². The Morgan fingerprint density at radius 3 is 2.62 bits per heavy atom. The largest absolute Gasteiger partial charge is 0.484 e. The van der Waals surface area contributed by atoms with Gasteiger partial charge in [-0.2, -0.15) is 5.10 Å². The first-order valence-corrected chi connectivity index (χ1v) is 10.3. The van der Waals surface area contributed by atoms with Crippen LogP contribution < -0.4 is 10.2 Å². The third-order valence-corrected chi connectivity index (χ3v) is 5.19. The average Bonchev–Trinajstić information content (AvgIpc) is 3.00. The van der Waals surface area contributed by atoms with E-state index in [1.54, 1.807) is 18.3 Å². The van der Waals surface area contributed by atoms with Crippen molar-refractivity contribution in [1.29, 1.82) is 0 Å². The molecule has 0 unspecified atom stereocenters. The fourth-order valence-electron chi connectivity index (χ4n) is 3.20. The van der Waals surface area contributed by atoms with Gasteiger partial charge in [-0.25, -0.2) is 5.43 Å². The fraction of sp³-hybridized carbons (Fsp3) is 0.217. The van der Waals surface area contributed by atoms with Gasteiger partial charge >= 0.3 is 0 Å². The van der Waals surface area contributed by atoms with E-state index < -0.39 is 0 Å². The van der Waals surface area contributed by atoms with Crippen molar-refractivity contribution in [3.63, 3.8) is 0 Å². The van der Waals surface area contributed by atoms with Crippen molar-refractivity contribution in [2.45, 2.75) is 27.2 Å². The van der Waals surface area contributed by atoms with Gasteiger partial charge in [-0.15, -0.1) is 0 Å². The van der Waals surface area contributed by atoms with E-state index in [0.29, 0.717) is 5.75 Å². The molecule has 6 heteroatoms. The Morgan fingerprint density at radius 2 is 1.90 bits per heavy atom. The molecule has 0 spiro atoms. The normalized spacial score (nSPS) is 11.0. The molecule has 0 saturated heterocycles. The van der Waals surface area contributed by atoms with Gasteiger partial charge in [0, 0.05) is 27.1 Å². The molecular formula is C23H24BrN3O2. The highest BCUT2D eigenvalue weighted by Crippen LogP contribution is 2.23. The number of halogens is 1. The number of amides is 1. The lowest BCUT2D eigenvalue weighted by Crippen LogP contribution is -2.24. The number of carbonyl (C=O) groups is 1. The van der Waals surface area contributed by atoms with Crippen LogP contribution in [0.15, 0.2) is 64.2 Å². The summed E-state index contributed by atoms with van der Waals surface area (Å²) in [5.74, 6) is 0.319. The van der Waals surface area contributed by atoms with Crippen LogP contribution in [0.3, 0.4) is 0 Å². The summed E-state index contributed by atoms with van der Waals surface area (Å²) in [6.07, 6.45) is 2.63. The van der Waals surface area contributed by atoms with Gasteiger partial charge in [0.2, 0.25) is 0 Å². The predicted molar refractivity (Wildman–Crippen MR) is 120 cm³/mol. The van der Waals surface area contributed by atoms with E-state index in [1.807, 2.05) is 18.2 Å². The van der Waals surface area contributed by atoms with Crippen LogP contribution >= 0.6 is 15.9 Å². The quantitative estimate of drug-likeness (QED) is 0.406. The second-order valence-corrected chi connectivity index (χ2v) is 7.60. The number of para-hydroxylation sites is 1. The van der Waals surface area contributed by atoms with Crippen LogP contribution in [0, 0.1) is 13.8 Å². The van der Waals surface area contributed by atoms with Crippen LogP contribution in [0.4, 0.5) is 0 Å². The van der Waals surface area contributed by atoms with Crippen molar-refractivity contribution >= 4 is 28.1 Å². The molecule has 1 N–H and O–H groups in total. The molecule has 0 atom stereocenters. The van der Waals surface area contributed by atoms with Gasteiger partial charge in [-0.05, 0) is 62.2 Å². The number of aromatic nitrogens is 1. The second-order valence-electron chi connectivity index (χ2n) is 6.68. The molecule has 29 heavy (non-hydrogen) atoms. The standard InChI is InChI=1S/C23H24BrN3O2/c1-4-18-7-5-6-8-22(18)27-16(2)13-19(17(27)3)14-25-26-23(28)15-29-21-11-9-20(24)10-12-21/h5-14H,4,15H2,1-3H3,(H,26,28)/b25-14-. The van der Waals surface area contributed by atoms with Gasteiger partial charge in [-0.3, -0.25) is 4.79 Å². The Hall–Kier alpha value is -2.86. The lowest BCUT2D eigenvalue weighted by Gasteiger charge is -2.13. The van der Waals surface area contributed by atoms with E-state index in [1.165, 1.54) is 11.3 Å². The fourth-order valence-corrected chi connectivity index (χ4v) is 3.47. The molecule has 1 amide bonds. The Bertz CT molecular complexity index is 1020. The van der Waals surface area contributed by atoms with Crippen molar-refractivity contribution in [3.05, 3.63) is 81.6 Å². The van der Waals surface area contributed by atoms with Crippen molar-refractivity contribution in [1.82, 2.24) is 9.99 Å². The van der Waals surface area contributed by atoms with Crippen molar-refractivity contribution < 1.29 is 9.53 Å². The zero-order valence-corrected chi connectivity index (χ0v) is 18.4. The molecule has 0 radical (unpaired) electrons. The minimum absolute atomic E-state index is 0.0954. The Morgan fingerprint density at radius 1 is 1.17 bits per heavy atom. The summed E-state index contributed by atoms with van der Waals surface area (Å²) in [5.41, 5.74) is 8.14. The molecule has 0 aliphatic rings. The SMILES string of the molecule is CCc1ccccc1-n1c(C)cc(/C=N\NC(=O)COc2ccc(Br)cc2)c1C. The van der Waals surface area contributed by atoms with Crippen LogP contribution in [-0.2, 0) is 11.2 Å². The van der Waals surface area contributed by atoms with Crippen LogP contribution in [0.1, 0.15) is 29.4 Å². The van der Waals surface area contributed by atoms with Gasteiger partial charge in [0.15, 0.2) is 6.61 Å². The van der Waals surface area contributed by atoms with Crippen molar-refractivity contribution in [2.24, 2.45) is 5.10 Å². The molecule has 0 aliphatic carbocycles. The Kier molecular flexibility index (Phi) is 6.88. The van der Waals surface area contributed by atoms with Crippen molar-refractivity contribution in [3.8, 4) is 11.4 Å². The number of hydrazone groups is 1. The van der Waals surface area contributed by atoms with E-state index in [-0.39, 0.29) is 12.5 Å². The molecule has 3 aromatic rings. The van der Waals surface area contributed by atoms with E-state index in [4.69, 9.17) is 4.74 Å². The minimum atomic E-state index is -0.311. The summed E-state index contributed by atoms with van der Waals surface area (Å²) in [6, 6.07) is 17.8. The number of nitrogens with zero attached hydrogens (tertiary/aromatic N) is 2. The molecule has 0 bridgehead atoms. The first-order chi connectivity index (χ1) is 14.0. The highest BCUT2D eigenvalue weighted by molar-refractivity contribution is 9.10. The smallest absolute Gasteiger partial charge is 0.277 e. The number of benzene rings is 2. The molecule has 0 fully saturated rings. The number of rotatable bonds is 7. The molecule has 2 aromatic carbocycles. The van der Waals surface area contributed by atoms with Crippen LogP contribution in [-0.4, -0.2) is 23.3 Å². The summed E-state index contributed by atoms with van der Waals surface area (Å²) < 4.78 is 8.62. The monoisotopic (exact) mass is 453 g/mol. The predicted octanol–water partition coefficient (Wildman–Crippen LogP) is 4.95. The summed E-state index contributed by atoms with van der Waals surface area (Å²) in [7, 11) is 0. The van der Waals surface area contributed by atoms with Gasteiger partial charge in [0.1, 0.15) is 5.75 Å². The molecule has 1 aromatic heterocycles. The lowest BCUT2D eigenvalue weighted by atomic mass is 10.1. The highest BCUT2D eigenvalue weighted by Gasteiger charge is 2.12. The van der Waals surface area contributed by atoms with E-state index >= 15 is 0 Å². The topological polar surface area (TPSA) is 55.6 Å². The highest BCUT2D eigenvalue weighted by atomic mass is 79.9. The summed E-state index contributed by atoms with van der Waals surface area (Å²) in [6.45, 7) is 6.18. The summed E-state index contributed by atoms with van der Waals surface area (Å²) in [4.78, 5) is 12.0. The third-order valence-electron chi connectivity index (χ3n) is 4.66. The lowest BCUT2D eigenvalue weighted by molar-refractivity contribution is -0.123. The Balaban J connectivity index is 1.65. The number of ether oxygens (including phenoxy) is 1. The average molecular weight is 454 g/mol. The number of aryl methyl sites for hydroxylation is 2. The molecule has 3 rings (SSSR count). The number of nitrogens with one attached hydrogen (secondary N) is 1. The maximum absolute atomic E-state index is 12.0. The minimum Gasteiger partial charge on any atom is -0.484 e. The summed E-state index contributed by atoms with van der Waals surface area (Å²) in [5, 5.41) is 4.09. The van der Waals surface area contributed by atoms with E-state index in [2.05, 4.69) is 76.1 Å². The summed E-state index contributed by atoms with van der Waals surface area (Å²) >= 11 is 3.36. The van der Waals surface area contributed by atoms with Gasteiger partial charge in [0.25, 0.3) is 5.91 Å². The second kappa shape index (κ2) is 9.56. The maximum Gasteiger partial charge on any atom is 0.277 e. The first kappa shape index (κ1) is 20.9. The number of hydrogen-bond donors (Lipinski definition) is 1. The molecule has 150 valence electrons. The maximum atomic E-state index is 12.0. The Labute approximate surface area is 179 Å². The first-order valence-electron chi connectivity index (χ1n) is 9.47. The van der Waals surface area contributed by atoms with Gasteiger partial charge < -0.3 is 9.30 Å². The van der Waals surface area contributed by atoms with Gasteiger partial charge in [-0.1, -0.05) is 41.1 Å². The zero-order chi connectivity index (χ0) is 20.8. The zero-order valence-electron chi connectivity index (χ0n) is 16.8. The molecule has 0 aliphatic heterocycles. The molecule has 0 saturated carbocycles.